The van der Waals surface area contributed by atoms with Crippen molar-refractivity contribution in [2.75, 3.05) is 33.1 Å². The van der Waals surface area contributed by atoms with Gasteiger partial charge in [0, 0.05) is 32.8 Å². The highest BCUT2D eigenvalue weighted by molar-refractivity contribution is 5.84. The van der Waals surface area contributed by atoms with Crippen LogP contribution in [-0.4, -0.2) is 48.5 Å². The van der Waals surface area contributed by atoms with Crippen molar-refractivity contribution in [2.45, 2.75) is 32.6 Å². The zero-order valence-electron chi connectivity index (χ0n) is 15.6. The second-order valence-electron chi connectivity index (χ2n) is 6.73. The molecule has 0 saturated heterocycles. The van der Waals surface area contributed by atoms with E-state index in [0.29, 0.717) is 13.0 Å². The number of carbonyl (C=O) groups excluding carboxylic acids is 1. The molecule has 0 saturated carbocycles. The molecule has 0 fully saturated rings. The van der Waals surface area contributed by atoms with Gasteiger partial charge in [-0.3, -0.25) is 4.79 Å². The van der Waals surface area contributed by atoms with E-state index in [-0.39, 0.29) is 11.8 Å². The number of methoxy groups -OCH3 is 1. The largest absolute Gasteiger partial charge is 0.496 e. The van der Waals surface area contributed by atoms with Crippen molar-refractivity contribution >= 4 is 11.9 Å². The number of amides is 1. The molecule has 1 aromatic carbocycles. The van der Waals surface area contributed by atoms with Gasteiger partial charge >= 0.3 is 0 Å². The predicted octanol–water partition coefficient (Wildman–Crippen LogP) is 2.42. The topological polar surface area (TPSA) is 70.2 Å². The van der Waals surface area contributed by atoms with Crippen LogP contribution in [0.1, 0.15) is 34.0 Å². The summed E-state index contributed by atoms with van der Waals surface area (Å²) in [6.45, 7) is 4.78. The van der Waals surface area contributed by atoms with Crippen LogP contribution in [0.5, 0.6) is 5.75 Å². The quantitative estimate of drug-likeness (QED) is 0.895. The Bertz CT molecular complexity index is 774. The average molecular weight is 342 g/mol. The molecule has 2 N–H and O–H groups in total. The number of hydrogen-bond donors (Lipinski definition) is 2. The Morgan fingerprint density at radius 1 is 1.36 bits per heavy atom. The molecule has 1 amide bonds. The summed E-state index contributed by atoms with van der Waals surface area (Å²) in [5.41, 5.74) is 5.22. The van der Waals surface area contributed by atoms with E-state index in [4.69, 9.17) is 4.74 Å². The molecule has 0 spiro atoms. The van der Waals surface area contributed by atoms with E-state index in [1.54, 1.807) is 7.11 Å². The maximum Gasteiger partial charge on any atom is 0.231 e. The van der Waals surface area contributed by atoms with Gasteiger partial charge in [0.1, 0.15) is 5.75 Å². The number of carbonyl (C=O) groups is 1. The van der Waals surface area contributed by atoms with E-state index < -0.39 is 0 Å². The third kappa shape index (κ3) is 3.21. The number of likely N-dealkylation sites (N-methyl/N-ethyl adjacent to an activating group) is 1. The molecule has 0 bridgehead atoms. The molecule has 134 valence electrons. The first kappa shape index (κ1) is 17.3. The summed E-state index contributed by atoms with van der Waals surface area (Å²) in [5, 5.41) is 3.04. The van der Waals surface area contributed by atoms with Gasteiger partial charge in [0.15, 0.2) is 5.95 Å². The zero-order chi connectivity index (χ0) is 18.1. The number of nitrogens with one attached hydrogen (secondary N) is 2. The first-order valence-corrected chi connectivity index (χ1v) is 8.60. The molecule has 25 heavy (non-hydrogen) atoms. The monoisotopic (exact) mass is 342 g/mol. The third-order valence-electron chi connectivity index (χ3n) is 4.91. The number of nitrogens with zero attached hydrogens (tertiary/aromatic N) is 2. The molecule has 1 unspecified atom stereocenters. The summed E-state index contributed by atoms with van der Waals surface area (Å²) in [4.78, 5) is 22.7. The molecule has 1 atom stereocenters. The van der Waals surface area contributed by atoms with E-state index in [2.05, 4.69) is 27.4 Å². The highest BCUT2D eigenvalue weighted by atomic mass is 16.5. The van der Waals surface area contributed by atoms with Crippen molar-refractivity contribution in [3.8, 4) is 5.75 Å². The molecule has 2 aromatic rings. The number of imidazole rings is 1. The van der Waals surface area contributed by atoms with Crippen molar-refractivity contribution in [3.05, 3.63) is 40.2 Å². The van der Waals surface area contributed by atoms with Crippen LogP contribution in [0.2, 0.25) is 0 Å². The third-order valence-corrected chi connectivity index (χ3v) is 4.91. The summed E-state index contributed by atoms with van der Waals surface area (Å²) >= 11 is 0. The van der Waals surface area contributed by atoms with Gasteiger partial charge < -0.3 is 19.9 Å². The summed E-state index contributed by atoms with van der Waals surface area (Å²) in [6.07, 6.45) is 1.43. The number of ether oxygens (including phenoxy) is 1. The van der Waals surface area contributed by atoms with Gasteiger partial charge in [-0.2, -0.15) is 0 Å². The first-order valence-electron chi connectivity index (χ1n) is 8.60. The fourth-order valence-corrected chi connectivity index (χ4v) is 3.69. The number of fused-ring (bicyclic) bond motifs is 1. The Morgan fingerprint density at radius 2 is 2.04 bits per heavy atom. The lowest BCUT2D eigenvalue weighted by atomic mass is 9.92. The fraction of sp³-hybridized carbons (Fsp3) is 0.474. The van der Waals surface area contributed by atoms with E-state index in [1.165, 1.54) is 0 Å². The van der Waals surface area contributed by atoms with Gasteiger partial charge in [-0.05, 0) is 37.0 Å². The van der Waals surface area contributed by atoms with Crippen LogP contribution in [0.15, 0.2) is 12.1 Å². The Morgan fingerprint density at radius 3 is 2.64 bits per heavy atom. The summed E-state index contributed by atoms with van der Waals surface area (Å²) in [5.74, 6) is 1.48. The molecular formula is C19H26N4O2. The minimum atomic E-state index is -0.270. The Kier molecular flexibility index (Phi) is 4.70. The minimum Gasteiger partial charge on any atom is -0.496 e. The smallest absolute Gasteiger partial charge is 0.231 e. The summed E-state index contributed by atoms with van der Waals surface area (Å²) < 4.78 is 5.45. The van der Waals surface area contributed by atoms with Crippen LogP contribution in [0, 0.1) is 13.8 Å². The highest BCUT2D eigenvalue weighted by Crippen LogP contribution is 2.31. The van der Waals surface area contributed by atoms with Crippen molar-refractivity contribution in [1.82, 2.24) is 14.9 Å². The summed E-state index contributed by atoms with van der Waals surface area (Å²) in [7, 11) is 5.39. The Labute approximate surface area is 148 Å². The van der Waals surface area contributed by atoms with Crippen LogP contribution in [-0.2, 0) is 17.6 Å². The number of aromatic amines is 1. The van der Waals surface area contributed by atoms with Gasteiger partial charge in [0.05, 0.1) is 18.7 Å². The molecular weight excluding hydrogens is 316 g/mol. The molecule has 1 aliphatic rings. The Balaban J connectivity index is 1.99. The number of aromatic nitrogens is 2. The van der Waals surface area contributed by atoms with Gasteiger partial charge in [-0.15, -0.1) is 0 Å². The number of benzene rings is 1. The normalized spacial score (nSPS) is 17.2. The lowest BCUT2D eigenvalue weighted by molar-refractivity contribution is -0.131. The number of aryl methyl sites for hydroxylation is 2. The summed E-state index contributed by atoms with van der Waals surface area (Å²) in [6, 6.07) is 4.21. The predicted molar refractivity (Wildman–Crippen MR) is 98.4 cm³/mol. The molecule has 3 rings (SSSR count). The lowest BCUT2D eigenvalue weighted by Crippen LogP contribution is -2.32. The molecule has 0 aliphatic carbocycles. The van der Waals surface area contributed by atoms with Crippen LogP contribution >= 0.6 is 0 Å². The van der Waals surface area contributed by atoms with E-state index in [1.807, 2.05) is 32.8 Å². The maximum absolute atomic E-state index is 12.9. The standard InChI is InChI=1S/C19H26N4O2/c1-11-8-13(9-12(2)17(11)25-5)10-14-16-15(21-19(20-3)22-16)6-7-23(4)18(14)24/h8-9,14H,6-7,10H2,1-5H3,(H2,20,21,22). The van der Waals surface area contributed by atoms with Crippen LogP contribution in [0.25, 0.3) is 0 Å². The molecule has 1 aromatic heterocycles. The minimum absolute atomic E-state index is 0.124. The van der Waals surface area contributed by atoms with Crippen LogP contribution < -0.4 is 10.1 Å². The molecule has 6 nitrogen and oxygen atoms in total. The van der Waals surface area contributed by atoms with Gasteiger partial charge in [0.2, 0.25) is 5.91 Å². The van der Waals surface area contributed by atoms with Crippen molar-refractivity contribution in [1.29, 1.82) is 0 Å². The lowest BCUT2D eigenvalue weighted by Gasteiger charge is -2.20. The second-order valence-corrected chi connectivity index (χ2v) is 6.73. The molecule has 1 aliphatic heterocycles. The van der Waals surface area contributed by atoms with Crippen molar-refractivity contribution in [2.24, 2.45) is 0 Å². The zero-order valence-corrected chi connectivity index (χ0v) is 15.6. The average Bonchev–Trinajstić information content (AvgIpc) is 2.95. The second kappa shape index (κ2) is 6.78. The molecule has 0 radical (unpaired) electrons. The van der Waals surface area contributed by atoms with Gasteiger partial charge in [0.25, 0.3) is 0 Å². The van der Waals surface area contributed by atoms with Crippen LogP contribution in [0.4, 0.5) is 5.95 Å². The SMILES string of the molecule is CNc1nc2c([nH]1)CCN(C)C(=O)C2Cc1cc(C)c(OC)c(C)c1. The number of anilines is 1. The fourth-order valence-electron chi connectivity index (χ4n) is 3.69. The Hall–Kier alpha value is -2.50. The van der Waals surface area contributed by atoms with Gasteiger partial charge in [-0.25, -0.2) is 4.98 Å². The van der Waals surface area contributed by atoms with E-state index in [0.717, 1.165) is 46.2 Å². The number of H-pyrrole nitrogens is 1. The first-order chi connectivity index (χ1) is 11.9. The van der Waals surface area contributed by atoms with E-state index in [9.17, 15) is 4.79 Å². The number of hydrogen-bond acceptors (Lipinski definition) is 4. The van der Waals surface area contributed by atoms with Gasteiger partial charge in [-0.1, -0.05) is 12.1 Å². The maximum atomic E-state index is 12.9. The molecule has 2 heterocycles. The molecule has 6 heteroatoms. The highest BCUT2D eigenvalue weighted by Gasteiger charge is 2.32. The van der Waals surface area contributed by atoms with E-state index >= 15 is 0 Å². The van der Waals surface area contributed by atoms with Crippen molar-refractivity contribution in [3.63, 3.8) is 0 Å². The van der Waals surface area contributed by atoms with Crippen LogP contribution in [0.3, 0.4) is 0 Å². The van der Waals surface area contributed by atoms with Crippen molar-refractivity contribution < 1.29 is 9.53 Å². The number of rotatable bonds is 4.